The molecule has 0 aromatic rings. The van der Waals surface area contributed by atoms with Crippen LogP contribution in [-0.4, -0.2) is 32.5 Å². The first-order valence-electron chi connectivity index (χ1n) is 5.52. The summed E-state index contributed by atoms with van der Waals surface area (Å²) in [4.78, 5) is 0. The Morgan fingerprint density at radius 1 is 1.19 bits per heavy atom. The van der Waals surface area contributed by atoms with Crippen LogP contribution in [0.4, 0.5) is 13.2 Å². The number of hydrogen-bond acceptors (Lipinski definition) is 2. The molecule has 0 heterocycles. The standard InChI is InChI=1S/C11H22F3NO/c1-5-15-6-9(10(2,3)4)7-16-8-11(12,13)14/h9,15H,5-8H2,1-4H3. The van der Waals surface area contributed by atoms with Crippen LogP contribution in [0.3, 0.4) is 0 Å². The van der Waals surface area contributed by atoms with Crippen molar-refractivity contribution in [1.29, 1.82) is 0 Å². The van der Waals surface area contributed by atoms with Crippen LogP contribution in [0.15, 0.2) is 0 Å². The molecule has 1 unspecified atom stereocenters. The van der Waals surface area contributed by atoms with Gasteiger partial charge in [0.05, 0.1) is 6.61 Å². The molecule has 1 atom stereocenters. The SMILES string of the molecule is CCNCC(COCC(F)(F)F)C(C)(C)C. The molecule has 1 N–H and O–H groups in total. The number of ether oxygens (including phenoxy) is 1. The molecule has 0 saturated heterocycles. The summed E-state index contributed by atoms with van der Waals surface area (Å²) in [6.45, 7) is 8.45. The lowest BCUT2D eigenvalue weighted by Gasteiger charge is -2.30. The molecular weight excluding hydrogens is 219 g/mol. The summed E-state index contributed by atoms with van der Waals surface area (Å²) in [7, 11) is 0. The molecule has 0 rings (SSSR count). The van der Waals surface area contributed by atoms with Crippen molar-refractivity contribution in [3.05, 3.63) is 0 Å². The third-order valence-electron chi connectivity index (χ3n) is 2.45. The van der Waals surface area contributed by atoms with Crippen LogP contribution in [0, 0.1) is 11.3 Å². The molecule has 0 aromatic carbocycles. The Kier molecular flexibility index (Phi) is 6.33. The third-order valence-corrected chi connectivity index (χ3v) is 2.45. The molecular formula is C11H22F3NO. The zero-order chi connectivity index (χ0) is 12.8. The smallest absolute Gasteiger partial charge is 0.372 e. The van der Waals surface area contributed by atoms with E-state index in [0.29, 0.717) is 6.54 Å². The van der Waals surface area contributed by atoms with E-state index in [0.717, 1.165) is 6.54 Å². The van der Waals surface area contributed by atoms with Crippen LogP contribution in [0.25, 0.3) is 0 Å². The second-order valence-corrected chi connectivity index (χ2v) is 5.00. The topological polar surface area (TPSA) is 21.3 Å². The maximum absolute atomic E-state index is 11.9. The van der Waals surface area contributed by atoms with Crippen molar-refractivity contribution in [2.45, 2.75) is 33.9 Å². The van der Waals surface area contributed by atoms with Gasteiger partial charge in [0.25, 0.3) is 0 Å². The summed E-state index contributed by atoms with van der Waals surface area (Å²) >= 11 is 0. The Morgan fingerprint density at radius 3 is 2.12 bits per heavy atom. The van der Waals surface area contributed by atoms with E-state index in [4.69, 9.17) is 4.74 Å². The molecule has 5 heteroatoms. The number of rotatable bonds is 6. The molecule has 16 heavy (non-hydrogen) atoms. The monoisotopic (exact) mass is 241 g/mol. The van der Waals surface area contributed by atoms with Gasteiger partial charge in [0.15, 0.2) is 0 Å². The van der Waals surface area contributed by atoms with Crippen LogP contribution in [0.5, 0.6) is 0 Å². The van der Waals surface area contributed by atoms with Crippen molar-refractivity contribution in [3.8, 4) is 0 Å². The lowest BCUT2D eigenvalue weighted by Crippen LogP contribution is -2.36. The highest BCUT2D eigenvalue weighted by Gasteiger charge is 2.30. The molecule has 0 saturated carbocycles. The lowest BCUT2D eigenvalue weighted by molar-refractivity contribution is -0.178. The van der Waals surface area contributed by atoms with Gasteiger partial charge < -0.3 is 10.1 Å². The fourth-order valence-corrected chi connectivity index (χ4v) is 1.25. The normalized spacial score (nSPS) is 15.2. The molecule has 0 amide bonds. The molecule has 0 aliphatic heterocycles. The van der Waals surface area contributed by atoms with Crippen molar-refractivity contribution < 1.29 is 17.9 Å². The van der Waals surface area contributed by atoms with Crippen LogP contribution >= 0.6 is 0 Å². The molecule has 0 aliphatic rings. The Bertz CT molecular complexity index is 187. The van der Waals surface area contributed by atoms with Gasteiger partial charge in [-0.25, -0.2) is 0 Å². The highest BCUT2D eigenvalue weighted by atomic mass is 19.4. The van der Waals surface area contributed by atoms with E-state index in [-0.39, 0.29) is 17.9 Å². The van der Waals surface area contributed by atoms with E-state index in [2.05, 4.69) is 5.32 Å². The van der Waals surface area contributed by atoms with Gasteiger partial charge in [0.1, 0.15) is 6.61 Å². The van der Waals surface area contributed by atoms with Gasteiger partial charge in [-0.15, -0.1) is 0 Å². The third kappa shape index (κ3) is 7.93. The van der Waals surface area contributed by atoms with E-state index < -0.39 is 12.8 Å². The summed E-state index contributed by atoms with van der Waals surface area (Å²) in [5.74, 6) is 0.0785. The largest absolute Gasteiger partial charge is 0.411 e. The van der Waals surface area contributed by atoms with Gasteiger partial charge in [0, 0.05) is 6.54 Å². The highest BCUT2D eigenvalue weighted by Crippen LogP contribution is 2.26. The Hall–Kier alpha value is -0.290. The molecule has 2 nitrogen and oxygen atoms in total. The fourth-order valence-electron chi connectivity index (χ4n) is 1.25. The van der Waals surface area contributed by atoms with Crippen molar-refractivity contribution in [2.24, 2.45) is 11.3 Å². The summed E-state index contributed by atoms with van der Waals surface area (Å²) in [5, 5.41) is 3.14. The average Bonchev–Trinajstić information content (AvgIpc) is 2.06. The number of halogens is 3. The van der Waals surface area contributed by atoms with E-state index in [1.54, 1.807) is 0 Å². The summed E-state index contributed by atoms with van der Waals surface area (Å²) < 4.78 is 40.5. The van der Waals surface area contributed by atoms with Crippen LogP contribution < -0.4 is 5.32 Å². The minimum absolute atomic E-state index is 0.0617. The number of hydrogen-bond donors (Lipinski definition) is 1. The molecule has 0 bridgehead atoms. The quantitative estimate of drug-likeness (QED) is 0.772. The Balaban J connectivity index is 4.03. The molecule has 0 aliphatic carbocycles. The van der Waals surface area contributed by atoms with Crippen molar-refractivity contribution in [2.75, 3.05) is 26.3 Å². The summed E-state index contributed by atoms with van der Waals surface area (Å²) in [6, 6.07) is 0. The van der Waals surface area contributed by atoms with Gasteiger partial charge in [0.2, 0.25) is 0 Å². The van der Waals surface area contributed by atoms with E-state index in [9.17, 15) is 13.2 Å². The molecule has 0 radical (unpaired) electrons. The maximum atomic E-state index is 11.9. The van der Waals surface area contributed by atoms with E-state index in [1.165, 1.54) is 0 Å². The average molecular weight is 241 g/mol. The number of alkyl halides is 3. The van der Waals surface area contributed by atoms with Gasteiger partial charge in [-0.3, -0.25) is 0 Å². The van der Waals surface area contributed by atoms with Gasteiger partial charge in [-0.05, 0) is 17.9 Å². The minimum Gasteiger partial charge on any atom is -0.372 e. The second kappa shape index (κ2) is 6.45. The summed E-state index contributed by atoms with van der Waals surface area (Å²) in [6.07, 6.45) is -4.24. The summed E-state index contributed by atoms with van der Waals surface area (Å²) in [5.41, 5.74) is -0.0617. The predicted molar refractivity (Wildman–Crippen MR) is 58.4 cm³/mol. The Labute approximate surface area is 95.5 Å². The minimum atomic E-state index is -4.24. The van der Waals surface area contributed by atoms with Gasteiger partial charge in [-0.2, -0.15) is 13.2 Å². The zero-order valence-corrected chi connectivity index (χ0v) is 10.4. The van der Waals surface area contributed by atoms with E-state index >= 15 is 0 Å². The predicted octanol–water partition coefficient (Wildman–Crippen LogP) is 2.84. The van der Waals surface area contributed by atoms with Gasteiger partial charge >= 0.3 is 6.18 Å². The first kappa shape index (κ1) is 15.7. The second-order valence-electron chi connectivity index (χ2n) is 5.00. The van der Waals surface area contributed by atoms with Crippen molar-refractivity contribution >= 4 is 0 Å². The molecule has 0 aromatic heterocycles. The van der Waals surface area contributed by atoms with Crippen molar-refractivity contribution in [1.82, 2.24) is 5.32 Å². The molecule has 0 fully saturated rings. The first-order chi connectivity index (χ1) is 7.17. The van der Waals surface area contributed by atoms with Crippen LogP contribution in [0.2, 0.25) is 0 Å². The Morgan fingerprint density at radius 2 is 1.75 bits per heavy atom. The maximum Gasteiger partial charge on any atom is 0.411 e. The lowest BCUT2D eigenvalue weighted by atomic mass is 9.81. The number of nitrogens with one attached hydrogen (secondary N) is 1. The fraction of sp³-hybridized carbons (Fsp3) is 1.00. The highest BCUT2D eigenvalue weighted by molar-refractivity contribution is 4.75. The zero-order valence-electron chi connectivity index (χ0n) is 10.4. The van der Waals surface area contributed by atoms with Crippen molar-refractivity contribution in [3.63, 3.8) is 0 Å². The van der Waals surface area contributed by atoms with E-state index in [1.807, 2.05) is 27.7 Å². The molecule has 0 spiro atoms. The molecule has 98 valence electrons. The van der Waals surface area contributed by atoms with Gasteiger partial charge in [-0.1, -0.05) is 27.7 Å². The van der Waals surface area contributed by atoms with Crippen LogP contribution in [-0.2, 0) is 4.74 Å². The van der Waals surface area contributed by atoms with Crippen LogP contribution in [0.1, 0.15) is 27.7 Å². The first-order valence-corrected chi connectivity index (χ1v) is 5.52.